The average Bonchev–Trinajstić information content (AvgIpc) is 2.94. The summed E-state index contributed by atoms with van der Waals surface area (Å²) < 4.78 is 7.55. The number of aromatic nitrogens is 1. The third-order valence-electron chi connectivity index (χ3n) is 4.31. The maximum absolute atomic E-state index is 5.40. The van der Waals surface area contributed by atoms with Crippen molar-refractivity contribution in [3.63, 3.8) is 0 Å². The molecule has 6 heteroatoms. The van der Waals surface area contributed by atoms with Gasteiger partial charge in [0.1, 0.15) is 0 Å². The molecule has 0 spiro atoms. The fourth-order valence-corrected chi connectivity index (χ4v) is 2.92. The van der Waals surface area contributed by atoms with Crippen LogP contribution in [0.5, 0.6) is 0 Å². The van der Waals surface area contributed by atoms with Crippen molar-refractivity contribution in [1.82, 2.24) is 19.7 Å². The summed E-state index contributed by atoms with van der Waals surface area (Å²) in [6.45, 7) is 8.99. The number of hydrogen-bond donors (Lipinski definition) is 1. The third kappa shape index (κ3) is 5.55. The zero-order valence-corrected chi connectivity index (χ0v) is 15.0. The van der Waals surface area contributed by atoms with Gasteiger partial charge in [-0.25, -0.2) is 0 Å². The van der Waals surface area contributed by atoms with Crippen molar-refractivity contribution >= 4 is 5.96 Å². The molecule has 1 aromatic rings. The monoisotopic (exact) mass is 321 g/mol. The van der Waals surface area contributed by atoms with Gasteiger partial charge < -0.3 is 19.5 Å². The van der Waals surface area contributed by atoms with E-state index in [1.807, 2.05) is 7.05 Å². The van der Waals surface area contributed by atoms with E-state index in [-0.39, 0.29) is 0 Å². The zero-order valence-electron chi connectivity index (χ0n) is 15.0. The highest BCUT2D eigenvalue weighted by atomic mass is 16.5. The molecule has 1 aliphatic rings. The van der Waals surface area contributed by atoms with Gasteiger partial charge in [-0.2, -0.15) is 0 Å². The molecule has 130 valence electrons. The van der Waals surface area contributed by atoms with Gasteiger partial charge in [0.25, 0.3) is 0 Å². The molecule has 1 N–H and O–H groups in total. The molecule has 2 heterocycles. The van der Waals surface area contributed by atoms with Crippen molar-refractivity contribution in [1.29, 1.82) is 0 Å². The summed E-state index contributed by atoms with van der Waals surface area (Å²) in [6.07, 6.45) is 2.07. The van der Waals surface area contributed by atoms with E-state index in [9.17, 15) is 0 Å². The first kappa shape index (κ1) is 17.8. The van der Waals surface area contributed by atoms with Gasteiger partial charge in [-0.1, -0.05) is 6.92 Å². The topological polar surface area (TPSA) is 45.0 Å². The molecule has 1 aromatic heterocycles. The van der Waals surface area contributed by atoms with Crippen LogP contribution >= 0.6 is 0 Å². The summed E-state index contributed by atoms with van der Waals surface area (Å²) in [7, 11) is 6.00. The van der Waals surface area contributed by atoms with Gasteiger partial charge in [-0.3, -0.25) is 9.89 Å². The fourth-order valence-electron chi connectivity index (χ4n) is 2.92. The molecule has 1 aliphatic heterocycles. The van der Waals surface area contributed by atoms with E-state index in [0.29, 0.717) is 5.92 Å². The largest absolute Gasteiger partial charge is 0.379 e. The van der Waals surface area contributed by atoms with Gasteiger partial charge in [0.05, 0.1) is 19.8 Å². The van der Waals surface area contributed by atoms with Crippen molar-refractivity contribution in [3.8, 4) is 0 Å². The van der Waals surface area contributed by atoms with Crippen LogP contribution < -0.4 is 5.32 Å². The fraction of sp³-hybridized carbons (Fsp3) is 0.706. The minimum absolute atomic E-state index is 0.577. The molecule has 0 aliphatic carbocycles. The highest BCUT2D eigenvalue weighted by molar-refractivity contribution is 5.79. The van der Waals surface area contributed by atoms with Gasteiger partial charge in [-0.15, -0.1) is 0 Å². The first-order valence-electron chi connectivity index (χ1n) is 8.42. The molecular formula is C17H31N5O. The van der Waals surface area contributed by atoms with Crippen LogP contribution in [-0.4, -0.2) is 73.8 Å². The number of rotatable bonds is 6. The van der Waals surface area contributed by atoms with E-state index in [1.54, 1.807) is 0 Å². The Labute approximate surface area is 140 Å². The summed E-state index contributed by atoms with van der Waals surface area (Å²) in [6, 6.07) is 4.22. The van der Waals surface area contributed by atoms with Crippen LogP contribution in [0.3, 0.4) is 0 Å². The second-order valence-corrected chi connectivity index (χ2v) is 6.41. The molecule has 1 saturated heterocycles. The normalized spacial score (nSPS) is 18.0. The third-order valence-corrected chi connectivity index (χ3v) is 4.31. The van der Waals surface area contributed by atoms with Gasteiger partial charge in [0.2, 0.25) is 0 Å². The van der Waals surface area contributed by atoms with Crippen LogP contribution in [0.2, 0.25) is 0 Å². The minimum atomic E-state index is 0.577. The van der Waals surface area contributed by atoms with Gasteiger partial charge in [0, 0.05) is 59.2 Å². The van der Waals surface area contributed by atoms with E-state index in [2.05, 4.69) is 64.0 Å². The van der Waals surface area contributed by atoms with Crippen molar-refractivity contribution in [3.05, 3.63) is 24.0 Å². The predicted molar refractivity (Wildman–Crippen MR) is 94.7 cm³/mol. The molecule has 1 atom stereocenters. The quantitative estimate of drug-likeness (QED) is 0.627. The minimum Gasteiger partial charge on any atom is -0.379 e. The molecule has 1 fully saturated rings. The Balaban J connectivity index is 1.76. The first-order valence-corrected chi connectivity index (χ1v) is 8.42. The van der Waals surface area contributed by atoms with Gasteiger partial charge in [-0.05, 0) is 18.1 Å². The maximum Gasteiger partial charge on any atom is 0.193 e. The number of hydrogen-bond acceptors (Lipinski definition) is 3. The molecule has 2 rings (SSSR count). The summed E-state index contributed by atoms with van der Waals surface area (Å²) in [4.78, 5) is 9.05. The number of guanidine groups is 1. The van der Waals surface area contributed by atoms with Crippen molar-refractivity contribution in [2.45, 2.75) is 13.5 Å². The van der Waals surface area contributed by atoms with E-state index in [1.165, 1.54) is 5.69 Å². The van der Waals surface area contributed by atoms with Gasteiger partial charge in [0.15, 0.2) is 5.96 Å². The molecular weight excluding hydrogens is 290 g/mol. The Morgan fingerprint density at radius 1 is 1.43 bits per heavy atom. The number of ether oxygens (including phenoxy) is 1. The maximum atomic E-state index is 5.40. The Morgan fingerprint density at radius 3 is 2.78 bits per heavy atom. The summed E-state index contributed by atoms with van der Waals surface area (Å²) in [5.41, 5.74) is 1.27. The van der Waals surface area contributed by atoms with Crippen molar-refractivity contribution in [2.24, 2.45) is 18.0 Å². The number of nitrogens with zero attached hydrogens (tertiary/aromatic N) is 4. The Hall–Kier alpha value is -1.53. The van der Waals surface area contributed by atoms with E-state index >= 15 is 0 Å². The smallest absolute Gasteiger partial charge is 0.193 e. The molecule has 23 heavy (non-hydrogen) atoms. The van der Waals surface area contributed by atoms with E-state index in [0.717, 1.165) is 51.9 Å². The second kappa shape index (κ2) is 8.93. The molecule has 0 saturated carbocycles. The number of morpholine rings is 1. The summed E-state index contributed by atoms with van der Waals surface area (Å²) >= 11 is 0. The lowest BCUT2D eigenvalue weighted by atomic mass is 10.1. The molecule has 0 bridgehead atoms. The molecule has 0 amide bonds. The Kier molecular flexibility index (Phi) is 6.92. The van der Waals surface area contributed by atoms with Crippen LogP contribution in [-0.2, 0) is 18.3 Å². The number of nitrogens with one attached hydrogen (secondary N) is 1. The van der Waals surface area contributed by atoms with Crippen molar-refractivity contribution in [2.75, 3.05) is 53.5 Å². The summed E-state index contributed by atoms with van der Waals surface area (Å²) in [5.74, 6) is 1.52. The molecule has 0 radical (unpaired) electrons. The van der Waals surface area contributed by atoms with E-state index < -0.39 is 0 Å². The predicted octanol–water partition coefficient (Wildman–Crippen LogP) is 1.00. The number of aliphatic imine (C=N–C) groups is 1. The molecule has 6 nitrogen and oxygen atoms in total. The Morgan fingerprint density at radius 2 is 2.17 bits per heavy atom. The van der Waals surface area contributed by atoms with Crippen LogP contribution in [0.15, 0.2) is 23.3 Å². The standard InChI is InChI=1S/C17H31N5O/c1-15(13-22-8-10-23-11-9-22)12-19-17(18-2)21(4)14-16-6-5-7-20(16)3/h5-7,15H,8-14H2,1-4H3,(H,18,19). The van der Waals surface area contributed by atoms with Crippen LogP contribution in [0.1, 0.15) is 12.6 Å². The lowest BCUT2D eigenvalue weighted by Gasteiger charge is -2.30. The highest BCUT2D eigenvalue weighted by Gasteiger charge is 2.15. The summed E-state index contributed by atoms with van der Waals surface area (Å²) in [5, 5.41) is 3.50. The van der Waals surface area contributed by atoms with Crippen molar-refractivity contribution < 1.29 is 4.74 Å². The first-order chi connectivity index (χ1) is 11.1. The SMILES string of the molecule is CN=C(NCC(C)CN1CCOCC1)N(C)Cc1cccn1C. The molecule has 1 unspecified atom stereocenters. The van der Waals surface area contributed by atoms with Crippen LogP contribution in [0.4, 0.5) is 0 Å². The lowest BCUT2D eigenvalue weighted by molar-refractivity contribution is 0.0320. The second-order valence-electron chi connectivity index (χ2n) is 6.41. The highest BCUT2D eigenvalue weighted by Crippen LogP contribution is 2.05. The Bertz CT molecular complexity index is 493. The number of aryl methyl sites for hydroxylation is 1. The average molecular weight is 321 g/mol. The molecule has 0 aromatic carbocycles. The lowest BCUT2D eigenvalue weighted by Crippen LogP contribution is -2.44. The van der Waals surface area contributed by atoms with Crippen LogP contribution in [0.25, 0.3) is 0 Å². The van der Waals surface area contributed by atoms with Crippen LogP contribution in [0, 0.1) is 5.92 Å². The van der Waals surface area contributed by atoms with E-state index in [4.69, 9.17) is 4.74 Å². The zero-order chi connectivity index (χ0) is 16.7. The van der Waals surface area contributed by atoms with Gasteiger partial charge >= 0.3 is 0 Å².